The van der Waals surface area contributed by atoms with Gasteiger partial charge in [0.25, 0.3) is 0 Å². The summed E-state index contributed by atoms with van der Waals surface area (Å²) in [6.45, 7) is 2.03. The largest absolute Gasteiger partial charge is 0.383 e. The van der Waals surface area contributed by atoms with Gasteiger partial charge in [0.05, 0.1) is 28.5 Å². The first-order valence-corrected chi connectivity index (χ1v) is 9.46. The molecule has 27 heavy (non-hydrogen) atoms. The lowest BCUT2D eigenvalue weighted by atomic mass is 9.73. The van der Waals surface area contributed by atoms with Crippen LogP contribution in [0.4, 0.5) is 15.9 Å². The number of anilines is 2. The Morgan fingerprint density at radius 1 is 1.15 bits per heavy atom. The van der Waals surface area contributed by atoms with Crippen LogP contribution < -0.4 is 10.6 Å². The van der Waals surface area contributed by atoms with Crippen molar-refractivity contribution in [2.24, 2.45) is 0 Å². The summed E-state index contributed by atoms with van der Waals surface area (Å²) in [5.41, 5.74) is 3.54. The molecule has 3 aromatic rings. The van der Waals surface area contributed by atoms with Crippen LogP contribution in [0.3, 0.4) is 0 Å². The Balaban J connectivity index is 1.57. The van der Waals surface area contributed by atoms with E-state index >= 15 is 0 Å². The summed E-state index contributed by atoms with van der Waals surface area (Å²) in [5.74, 6) is 0.562. The van der Waals surface area contributed by atoms with Gasteiger partial charge in [-0.05, 0) is 36.2 Å². The second-order valence-electron chi connectivity index (χ2n) is 6.96. The summed E-state index contributed by atoms with van der Waals surface area (Å²) >= 11 is 12.0. The molecule has 2 N–H and O–H groups in total. The first-order chi connectivity index (χ1) is 13.1. The predicted octanol–water partition coefficient (Wildman–Crippen LogP) is 4.30. The Hall–Kier alpha value is -2.31. The van der Waals surface area contributed by atoms with Crippen LogP contribution in [-0.4, -0.2) is 27.9 Å². The van der Waals surface area contributed by atoms with Crippen LogP contribution in [0.15, 0.2) is 36.7 Å². The van der Waals surface area contributed by atoms with Crippen LogP contribution in [0.5, 0.6) is 0 Å². The molecular formula is C19H16Cl2FN5. The van der Waals surface area contributed by atoms with Gasteiger partial charge >= 0.3 is 0 Å². The van der Waals surface area contributed by atoms with Crippen molar-refractivity contribution in [3.05, 3.63) is 69.3 Å². The molecule has 0 fully saturated rings. The lowest BCUT2D eigenvalue weighted by Gasteiger charge is -2.34. The van der Waals surface area contributed by atoms with Crippen LogP contribution >= 0.6 is 23.2 Å². The first kappa shape index (κ1) is 16.8. The standard InChI is InChI=1S/C19H16Cl2FN5/c20-11-1-2-12(24-7-11)9-27-18-14(8-26-27)19(3-4-23-18)10-25-17-6-16(22)15(21)5-13(17)19/h1-2,5-8,23,25H,3-4,9-10H2/t19-/m1/s1. The number of benzene rings is 1. The van der Waals surface area contributed by atoms with Gasteiger partial charge in [0.15, 0.2) is 0 Å². The summed E-state index contributed by atoms with van der Waals surface area (Å²) in [5, 5.41) is 12.2. The maximum atomic E-state index is 13.9. The van der Waals surface area contributed by atoms with Crippen molar-refractivity contribution in [1.82, 2.24) is 14.8 Å². The SMILES string of the molecule is Fc1cc2c(cc1Cl)[C@@]1(CCNc3c1cnn3Cc1ccc(Cl)cn1)CN2. The number of hydrogen-bond donors (Lipinski definition) is 2. The number of pyridine rings is 1. The third kappa shape index (κ3) is 2.58. The van der Waals surface area contributed by atoms with E-state index in [2.05, 4.69) is 20.7 Å². The number of nitrogens with zero attached hydrogens (tertiary/aromatic N) is 3. The van der Waals surface area contributed by atoms with E-state index in [-0.39, 0.29) is 10.4 Å². The second-order valence-corrected chi connectivity index (χ2v) is 7.80. The maximum Gasteiger partial charge on any atom is 0.143 e. The van der Waals surface area contributed by atoms with Gasteiger partial charge in [0.1, 0.15) is 11.6 Å². The fourth-order valence-corrected chi connectivity index (χ4v) is 4.39. The molecule has 0 aliphatic carbocycles. The van der Waals surface area contributed by atoms with Crippen LogP contribution in [0.25, 0.3) is 0 Å². The van der Waals surface area contributed by atoms with Crippen LogP contribution in [-0.2, 0) is 12.0 Å². The predicted molar refractivity (Wildman–Crippen MR) is 104 cm³/mol. The summed E-state index contributed by atoms with van der Waals surface area (Å²) in [6.07, 6.45) is 4.41. The summed E-state index contributed by atoms with van der Waals surface area (Å²) in [4.78, 5) is 4.36. The minimum Gasteiger partial charge on any atom is -0.383 e. The Kier molecular flexibility index (Phi) is 3.81. The zero-order valence-electron chi connectivity index (χ0n) is 14.3. The van der Waals surface area contributed by atoms with Crippen LogP contribution in [0.1, 0.15) is 23.2 Å². The molecule has 5 rings (SSSR count). The second kappa shape index (κ2) is 6.11. The molecule has 0 radical (unpaired) electrons. The highest BCUT2D eigenvalue weighted by Crippen LogP contribution is 2.49. The molecule has 1 aromatic carbocycles. The summed E-state index contributed by atoms with van der Waals surface area (Å²) in [7, 11) is 0. The zero-order chi connectivity index (χ0) is 18.6. The van der Waals surface area contributed by atoms with E-state index in [4.69, 9.17) is 23.2 Å². The number of nitrogens with one attached hydrogen (secondary N) is 2. The topological polar surface area (TPSA) is 54.8 Å². The van der Waals surface area contributed by atoms with Gasteiger partial charge < -0.3 is 10.6 Å². The molecule has 0 saturated carbocycles. The molecule has 1 atom stereocenters. The molecule has 8 heteroatoms. The third-order valence-corrected chi connectivity index (χ3v) is 5.97. The Labute approximate surface area is 165 Å². The van der Waals surface area contributed by atoms with Gasteiger partial charge in [-0.15, -0.1) is 0 Å². The number of hydrogen-bond acceptors (Lipinski definition) is 4. The third-order valence-electron chi connectivity index (χ3n) is 5.46. The Bertz CT molecular complexity index is 1030. The molecule has 0 saturated heterocycles. The van der Waals surface area contributed by atoms with E-state index in [0.717, 1.165) is 41.3 Å². The minimum absolute atomic E-state index is 0.148. The molecule has 5 nitrogen and oxygen atoms in total. The molecule has 2 aliphatic heterocycles. The number of rotatable bonds is 2. The van der Waals surface area contributed by atoms with Gasteiger partial charge in [-0.2, -0.15) is 5.10 Å². The van der Waals surface area contributed by atoms with Crippen molar-refractivity contribution >= 4 is 34.7 Å². The van der Waals surface area contributed by atoms with Crippen LogP contribution in [0.2, 0.25) is 10.0 Å². The lowest BCUT2D eigenvalue weighted by Crippen LogP contribution is -2.37. The van der Waals surface area contributed by atoms with E-state index in [0.29, 0.717) is 18.1 Å². The van der Waals surface area contributed by atoms with E-state index in [1.54, 1.807) is 12.3 Å². The maximum absolute atomic E-state index is 13.9. The Morgan fingerprint density at radius 2 is 2.04 bits per heavy atom. The van der Waals surface area contributed by atoms with Crippen molar-refractivity contribution in [2.45, 2.75) is 18.4 Å². The molecule has 138 valence electrons. The highest BCUT2D eigenvalue weighted by Gasteiger charge is 2.45. The normalized spacial score (nSPS) is 20.1. The van der Waals surface area contributed by atoms with Gasteiger partial charge in [0.2, 0.25) is 0 Å². The smallest absolute Gasteiger partial charge is 0.143 e. The molecule has 0 unspecified atom stereocenters. The lowest BCUT2D eigenvalue weighted by molar-refractivity contribution is 0.515. The van der Waals surface area contributed by atoms with Crippen molar-refractivity contribution < 1.29 is 4.39 Å². The molecule has 0 bridgehead atoms. The van der Waals surface area contributed by atoms with Crippen molar-refractivity contribution in [1.29, 1.82) is 0 Å². The van der Waals surface area contributed by atoms with E-state index in [9.17, 15) is 4.39 Å². The van der Waals surface area contributed by atoms with Gasteiger partial charge in [-0.25, -0.2) is 9.07 Å². The monoisotopic (exact) mass is 403 g/mol. The van der Waals surface area contributed by atoms with E-state index < -0.39 is 5.82 Å². The highest BCUT2D eigenvalue weighted by molar-refractivity contribution is 6.31. The highest BCUT2D eigenvalue weighted by atomic mass is 35.5. The van der Waals surface area contributed by atoms with Crippen LogP contribution in [0, 0.1) is 5.82 Å². The van der Waals surface area contributed by atoms with E-state index in [1.807, 2.05) is 23.0 Å². The molecule has 1 spiro atoms. The first-order valence-electron chi connectivity index (χ1n) is 8.71. The average molecular weight is 404 g/mol. The summed E-state index contributed by atoms with van der Waals surface area (Å²) in [6, 6.07) is 6.95. The molecular weight excluding hydrogens is 388 g/mol. The molecule has 4 heterocycles. The van der Waals surface area contributed by atoms with Crippen molar-refractivity contribution in [3.63, 3.8) is 0 Å². The van der Waals surface area contributed by atoms with Crippen molar-refractivity contribution in [2.75, 3.05) is 23.7 Å². The Morgan fingerprint density at radius 3 is 2.85 bits per heavy atom. The van der Waals surface area contributed by atoms with Gasteiger partial charge in [-0.1, -0.05) is 23.2 Å². The number of fused-ring (bicyclic) bond motifs is 4. The fraction of sp³-hybridized carbons (Fsp3) is 0.263. The fourth-order valence-electron chi connectivity index (χ4n) is 4.12. The van der Waals surface area contributed by atoms with Crippen molar-refractivity contribution in [3.8, 4) is 0 Å². The average Bonchev–Trinajstić information content (AvgIpc) is 3.22. The molecule has 2 aromatic heterocycles. The number of aromatic nitrogens is 3. The quantitative estimate of drug-likeness (QED) is 0.669. The zero-order valence-corrected chi connectivity index (χ0v) is 15.8. The van der Waals surface area contributed by atoms with E-state index in [1.165, 1.54) is 6.07 Å². The minimum atomic E-state index is -0.404. The summed E-state index contributed by atoms with van der Waals surface area (Å²) < 4.78 is 15.8. The molecule has 0 amide bonds. The van der Waals surface area contributed by atoms with Gasteiger partial charge in [0, 0.05) is 36.0 Å². The van der Waals surface area contributed by atoms with Gasteiger partial charge in [-0.3, -0.25) is 4.98 Å². The number of halogens is 3. The molecule has 2 aliphatic rings.